The van der Waals surface area contributed by atoms with Gasteiger partial charge in [0, 0.05) is 30.0 Å². The van der Waals surface area contributed by atoms with Crippen molar-refractivity contribution in [1.29, 1.82) is 0 Å². The minimum Gasteiger partial charge on any atom is -0.336 e. The fraction of sp³-hybridized carbons (Fsp3) is 0.150. The van der Waals surface area contributed by atoms with Gasteiger partial charge >= 0.3 is 11.8 Å². The van der Waals surface area contributed by atoms with Crippen molar-refractivity contribution in [2.75, 3.05) is 11.6 Å². The summed E-state index contributed by atoms with van der Waals surface area (Å²) < 4.78 is 15.4. The molecule has 0 saturated heterocycles. The summed E-state index contributed by atoms with van der Waals surface area (Å²) in [4.78, 5) is 30.1. The van der Waals surface area contributed by atoms with Crippen LogP contribution >= 0.6 is 11.8 Å². The van der Waals surface area contributed by atoms with Crippen molar-refractivity contribution < 1.29 is 14.0 Å². The lowest BCUT2D eigenvalue weighted by Crippen LogP contribution is -2.39. The number of imidazole rings is 1. The molecule has 0 bridgehead atoms. The molecule has 6 nitrogen and oxygen atoms in total. The molecular weight excluding hydrogens is 379 g/mol. The van der Waals surface area contributed by atoms with Crippen molar-refractivity contribution >= 4 is 29.3 Å². The Labute approximate surface area is 166 Å². The number of nitrogens with zero attached hydrogens (tertiary/aromatic N) is 2. The second-order valence-electron chi connectivity index (χ2n) is 6.04. The molecule has 3 aromatic rings. The van der Waals surface area contributed by atoms with Crippen molar-refractivity contribution in [3.05, 3.63) is 78.1 Å². The molecule has 0 aliphatic rings. The second-order valence-corrected chi connectivity index (χ2v) is 6.92. The fourth-order valence-electron chi connectivity index (χ4n) is 2.72. The van der Waals surface area contributed by atoms with E-state index < -0.39 is 23.7 Å². The zero-order valence-electron chi connectivity index (χ0n) is 15.3. The maximum Gasteiger partial charge on any atom is 0.313 e. The molecule has 0 saturated carbocycles. The summed E-state index contributed by atoms with van der Waals surface area (Å²) in [6.07, 6.45) is 5.20. The Hall–Kier alpha value is -3.13. The van der Waals surface area contributed by atoms with E-state index in [2.05, 4.69) is 15.6 Å². The highest BCUT2D eigenvalue weighted by molar-refractivity contribution is 7.98. The van der Waals surface area contributed by atoms with E-state index in [9.17, 15) is 14.0 Å². The van der Waals surface area contributed by atoms with Crippen LogP contribution in [-0.2, 0) is 16.6 Å². The van der Waals surface area contributed by atoms with E-state index in [1.54, 1.807) is 54.3 Å². The molecule has 0 aliphatic heterocycles. The topological polar surface area (TPSA) is 76.0 Å². The van der Waals surface area contributed by atoms with E-state index >= 15 is 0 Å². The number of nitrogens with one attached hydrogen (secondary N) is 2. The van der Waals surface area contributed by atoms with Crippen molar-refractivity contribution in [2.24, 2.45) is 7.05 Å². The number of hydrogen-bond donors (Lipinski definition) is 2. The van der Waals surface area contributed by atoms with Gasteiger partial charge in [-0.2, -0.15) is 0 Å². The minimum atomic E-state index is -0.841. The van der Waals surface area contributed by atoms with Crippen LogP contribution in [0.4, 0.5) is 10.1 Å². The van der Waals surface area contributed by atoms with Gasteiger partial charge in [0.1, 0.15) is 17.7 Å². The fourth-order valence-corrected chi connectivity index (χ4v) is 3.18. The first-order chi connectivity index (χ1) is 13.5. The summed E-state index contributed by atoms with van der Waals surface area (Å²) in [6, 6.07) is 12.2. The number of benzene rings is 2. The third-order valence-corrected chi connectivity index (χ3v) is 4.83. The summed E-state index contributed by atoms with van der Waals surface area (Å²) in [6.45, 7) is 0. The van der Waals surface area contributed by atoms with E-state index in [4.69, 9.17) is 0 Å². The van der Waals surface area contributed by atoms with Gasteiger partial charge in [-0.3, -0.25) is 9.59 Å². The monoisotopic (exact) mass is 398 g/mol. The molecule has 1 heterocycles. The second kappa shape index (κ2) is 8.71. The molecule has 2 N–H and O–H groups in total. The number of halogens is 1. The number of aryl methyl sites for hydroxylation is 1. The first-order valence-corrected chi connectivity index (χ1v) is 9.69. The molecular formula is C20H19FN4O2S. The number of rotatable bonds is 5. The molecule has 144 valence electrons. The van der Waals surface area contributed by atoms with Crippen LogP contribution in [0.25, 0.3) is 0 Å². The first kappa shape index (κ1) is 19.6. The summed E-state index contributed by atoms with van der Waals surface area (Å²) in [5, 5.41) is 5.23. The average Bonchev–Trinajstić information content (AvgIpc) is 3.11. The quantitative estimate of drug-likeness (QED) is 0.511. The van der Waals surface area contributed by atoms with Crippen LogP contribution < -0.4 is 10.6 Å². The van der Waals surface area contributed by atoms with Gasteiger partial charge in [-0.05, 0) is 42.2 Å². The first-order valence-electron chi connectivity index (χ1n) is 8.46. The lowest BCUT2D eigenvalue weighted by atomic mass is 10.1. The van der Waals surface area contributed by atoms with Crippen molar-refractivity contribution in [3.8, 4) is 0 Å². The Morgan fingerprint density at radius 3 is 2.61 bits per heavy atom. The van der Waals surface area contributed by atoms with E-state index in [0.29, 0.717) is 17.1 Å². The molecule has 1 unspecified atom stereocenters. The molecule has 2 amide bonds. The maximum absolute atomic E-state index is 13.7. The highest BCUT2D eigenvalue weighted by Crippen LogP contribution is 2.22. The number of carbonyl (C=O) groups excluding carboxylic acids is 2. The number of aromatic nitrogens is 2. The molecule has 1 aromatic heterocycles. The van der Waals surface area contributed by atoms with Crippen molar-refractivity contribution in [2.45, 2.75) is 10.9 Å². The number of carbonyl (C=O) groups is 2. The van der Waals surface area contributed by atoms with Gasteiger partial charge in [-0.1, -0.05) is 18.2 Å². The third-order valence-electron chi connectivity index (χ3n) is 4.11. The SMILES string of the molecule is CSc1cccc(NC(=O)C(=O)NC(c2cccc(F)c2)c2nccn2C)c1. The third kappa shape index (κ3) is 4.58. The molecule has 1 atom stereocenters. The largest absolute Gasteiger partial charge is 0.336 e. The smallest absolute Gasteiger partial charge is 0.313 e. The molecule has 8 heteroatoms. The molecule has 28 heavy (non-hydrogen) atoms. The van der Waals surface area contributed by atoms with Crippen LogP contribution in [0.2, 0.25) is 0 Å². The molecule has 2 aromatic carbocycles. The average molecular weight is 398 g/mol. The van der Waals surface area contributed by atoms with Crippen LogP contribution in [0, 0.1) is 5.82 Å². The summed E-state index contributed by atoms with van der Waals surface area (Å²) >= 11 is 1.53. The van der Waals surface area contributed by atoms with Crippen LogP contribution in [0.1, 0.15) is 17.4 Å². The Balaban J connectivity index is 1.81. The Morgan fingerprint density at radius 1 is 1.14 bits per heavy atom. The van der Waals surface area contributed by atoms with Gasteiger partial charge in [0.05, 0.1) is 0 Å². The number of amides is 2. The van der Waals surface area contributed by atoms with Crippen molar-refractivity contribution in [3.63, 3.8) is 0 Å². The Morgan fingerprint density at radius 2 is 1.93 bits per heavy atom. The predicted octanol–water partition coefficient (Wildman–Crippen LogP) is 3.13. The van der Waals surface area contributed by atoms with Gasteiger partial charge in [0.25, 0.3) is 0 Å². The number of thioether (sulfide) groups is 1. The molecule has 0 aliphatic carbocycles. The van der Waals surface area contributed by atoms with E-state index in [-0.39, 0.29) is 0 Å². The van der Waals surface area contributed by atoms with Crippen LogP contribution in [0.3, 0.4) is 0 Å². The molecule has 0 spiro atoms. The predicted molar refractivity (Wildman–Crippen MR) is 106 cm³/mol. The molecule has 0 fully saturated rings. The van der Waals surface area contributed by atoms with Gasteiger partial charge < -0.3 is 15.2 Å². The van der Waals surface area contributed by atoms with E-state index in [0.717, 1.165) is 4.90 Å². The van der Waals surface area contributed by atoms with Gasteiger partial charge in [-0.15, -0.1) is 11.8 Å². The van der Waals surface area contributed by atoms with Gasteiger partial charge in [0.2, 0.25) is 0 Å². The van der Waals surface area contributed by atoms with E-state index in [1.165, 1.54) is 23.9 Å². The standard InChI is InChI=1S/C20H19FN4O2S/c1-25-10-9-22-18(25)17(13-5-3-6-14(21)11-13)24-20(27)19(26)23-15-7-4-8-16(12-15)28-2/h3-12,17H,1-2H3,(H,23,26)(H,24,27). The summed E-state index contributed by atoms with van der Waals surface area (Å²) in [7, 11) is 1.76. The maximum atomic E-state index is 13.7. The van der Waals surface area contributed by atoms with Gasteiger partial charge in [-0.25, -0.2) is 9.37 Å². The molecule has 0 radical (unpaired) electrons. The molecule has 3 rings (SSSR count). The summed E-state index contributed by atoms with van der Waals surface area (Å²) in [5.74, 6) is -1.61. The normalized spacial score (nSPS) is 11.7. The zero-order valence-corrected chi connectivity index (χ0v) is 16.2. The number of anilines is 1. The van der Waals surface area contributed by atoms with Crippen LogP contribution in [-0.4, -0.2) is 27.6 Å². The zero-order chi connectivity index (χ0) is 20.1. The highest BCUT2D eigenvalue weighted by Gasteiger charge is 2.24. The minimum absolute atomic E-state index is 0.440. The Kier molecular flexibility index (Phi) is 6.10. The Bertz CT molecular complexity index is 1010. The summed E-state index contributed by atoms with van der Waals surface area (Å²) in [5.41, 5.74) is 1.01. The lowest BCUT2D eigenvalue weighted by molar-refractivity contribution is -0.136. The van der Waals surface area contributed by atoms with Crippen molar-refractivity contribution in [1.82, 2.24) is 14.9 Å². The van der Waals surface area contributed by atoms with Crippen LogP contribution in [0.15, 0.2) is 65.8 Å². The highest BCUT2D eigenvalue weighted by atomic mass is 32.2. The lowest BCUT2D eigenvalue weighted by Gasteiger charge is -2.19. The van der Waals surface area contributed by atoms with Gasteiger partial charge in [0.15, 0.2) is 0 Å². The number of hydrogen-bond acceptors (Lipinski definition) is 4. The van der Waals surface area contributed by atoms with Crippen LogP contribution in [0.5, 0.6) is 0 Å². The van der Waals surface area contributed by atoms with E-state index in [1.807, 2.05) is 12.3 Å².